The minimum atomic E-state index is -1.52. The molecule has 1 N–H and O–H groups in total. The van der Waals surface area contributed by atoms with Gasteiger partial charge in [0.15, 0.2) is 12.7 Å². The second-order valence-corrected chi connectivity index (χ2v) is 9.83. The van der Waals surface area contributed by atoms with Crippen LogP contribution in [-0.2, 0) is 41.5 Å². The number of fused-ring (bicyclic) bond motifs is 1. The van der Waals surface area contributed by atoms with Crippen LogP contribution in [0.2, 0.25) is 0 Å². The van der Waals surface area contributed by atoms with E-state index in [9.17, 15) is 24.3 Å². The fraction of sp³-hybridized carbons (Fsp3) is 0.310. The Morgan fingerprint density at radius 1 is 0.919 bits per heavy atom. The summed E-state index contributed by atoms with van der Waals surface area (Å²) < 4.78 is 10.3. The summed E-state index contributed by atoms with van der Waals surface area (Å²) in [7, 11) is 0. The van der Waals surface area contributed by atoms with Gasteiger partial charge in [-0.2, -0.15) is 11.8 Å². The number of ether oxygens (including phenoxy) is 2. The molecule has 7 nitrogen and oxygen atoms in total. The average Bonchev–Trinajstić information content (AvgIpc) is 2.89. The highest BCUT2D eigenvalue weighted by Crippen LogP contribution is 2.19. The van der Waals surface area contributed by atoms with Crippen molar-refractivity contribution in [3.8, 4) is 0 Å². The number of hydrogen-bond acceptors (Lipinski definition) is 7. The highest BCUT2D eigenvalue weighted by Gasteiger charge is 2.29. The Morgan fingerprint density at radius 2 is 1.62 bits per heavy atom. The van der Waals surface area contributed by atoms with Crippen LogP contribution in [0.5, 0.6) is 0 Å². The van der Waals surface area contributed by atoms with Crippen LogP contribution in [0.25, 0.3) is 10.8 Å². The third-order valence-electron chi connectivity index (χ3n) is 5.72. The number of ketones is 1. The SMILES string of the molecule is CC(CSCCc1ccccc1)C(=O)OC(CC(=O)O)C(=O)COC(=O)Cc1cccc2ccccc12. The number of aryl methyl sites for hydroxylation is 1. The molecule has 8 heteroatoms. The molecule has 37 heavy (non-hydrogen) atoms. The molecule has 0 spiro atoms. The minimum Gasteiger partial charge on any atom is -0.481 e. The molecule has 0 aliphatic carbocycles. The van der Waals surface area contributed by atoms with E-state index in [0.717, 1.165) is 28.5 Å². The number of carboxylic acid groups (broad SMARTS) is 1. The van der Waals surface area contributed by atoms with Crippen LogP contribution in [0.3, 0.4) is 0 Å². The number of carbonyl (C=O) groups excluding carboxylic acids is 3. The summed E-state index contributed by atoms with van der Waals surface area (Å²) in [6.45, 7) is 0.999. The largest absolute Gasteiger partial charge is 0.481 e. The van der Waals surface area contributed by atoms with E-state index in [1.807, 2.05) is 66.7 Å². The highest BCUT2D eigenvalue weighted by atomic mass is 32.2. The molecule has 0 radical (unpaired) electrons. The summed E-state index contributed by atoms with van der Waals surface area (Å²) in [5.41, 5.74) is 1.95. The van der Waals surface area contributed by atoms with E-state index in [-0.39, 0.29) is 6.42 Å². The molecule has 3 aromatic rings. The van der Waals surface area contributed by atoms with Gasteiger partial charge in [0.1, 0.15) is 0 Å². The third kappa shape index (κ3) is 9.06. The normalized spacial score (nSPS) is 12.5. The van der Waals surface area contributed by atoms with Gasteiger partial charge in [0.25, 0.3) is 0 Å². The number of thioether (sulfide) groups is 1. The molecular formula is C29H30O7S. The Hall–Kier alpha value is -3.65. The van der Waals surface area contributed by atoms with Gasteiger partial charge in [0, 0.05) is 5.75 Å². The molecule has 0 saturated carbocycles. The van der Waals surface area contributed by atoms with Crippen LogP contribution in [0, 0.1) is 5.92 Å². The number of carbonyl (C=O) groups is 4. The van der Waals surface area contributed by atoms with E-state index in [1.165, 1.54) is 5.56 Å². The first-order valence-corrected chi connectivity index (χ1v) is 13.2. The lowest BCUT2D eigenvalue weighted by atomic mass is 10.0. The zero-order chi connectivity index (χ0) is 26.6. The Balaban J connectivity index is 1.47. The van der Waals surface area contributed by atoms with Gasteiger partial charge in [-0.15, -0.1) is 0 Å². The smallest absolute Gasteiger partial charge is 0.310 e. The van der Waals surface area contributed by atoms with Gasteiger partial charge in [-0.25, -0.2) is 0 Å². The van der Waals surface area contributed by atoms with Crippen molar-refractivity contribution in [3.05, 3.63) is 83.9 Å². The summed E-state index contributed by atoms with van der Waals surface area (Å²) in [6, 6.07) is 23.1. The van der Waals surface area contributed by atoms with Gasteiger partial charge in [-0.05, 0) is 34.1 Å². The van der Waals surface area contributed by atoms with E-state index in [4.69, 9.17) is 9.47 Å². The molecule has 0 aromatic heterocycles. The number of carboxylic acids is 1. The molecule has 2 unspecified atom stereocenters. The quantitative estimate of drug-likeness (QED) is 0.244. The van der Waals surface area contributed by atoms with Gasteiger partial charge < -0.3 is 14.6 Å². The molecular weight excluding hydrogens is 492 g/mol. The molecule has 0 fully saturated rings. The predicted octanol–water partition coefficient (Wildman–Crippen LogP) is 4.49. The van der Waals surface area contributed by atoms with Crippen LogP contribution >= 0.6 is 11.8 Å². The molecule has 3 rings (SSSR count). The Kier molecular flexibility index (Phi) is 10.7. The predicted molar refractivity (Wildman–Crippen MR) is 142 cm³/mol. The molecule has 3 aromatic carbocycles. The molecule has 0 saturated heterocycles. The second-order valence-electron chi connectivity index (χ2n) is 8.68. The molecule has 0 aliphatic heterocycles. The maximum absolute atomic E-state index is 12.6. The molecule has 0 bridgehead atoms. The molecule has 2 atom stereocenters. The highest BCUT2D eigenvalue weighted by molar-refractivity contribution is 7.99. The maximum Gasteiger partial charge on any atom is 0.310 e. The van der Waals surface area contributed by atoms with Crippen LogP contribution < -0.4 is 0 Å². The van der Waals surface area contributed by atoms with Crippen molar-refractivity contribution < 1.29 is 33.8 Å². The first-order chi connectivity index (χ1) is 17.8. The fourth-order valence-electron chi connectivity index (χ4n) is 3.70. The third-order valence-corrected chi connectivity index (χ3v) is 6.94. The van der Waals surface area contributed by atoms with Crippen molar-refractivity contribution >= 4 is 46.2 Å². The van der Waals surface area contributed by atoms with Crippen molar-refractivity contribution in [3.63, 3.8) is 0 Å². The molecule has 194 valence electrons. The van der Waals surface area contributed by atoms with E-state index in [0.29, 0.717) is 5.75 Å². The van der Waals surface area contributed by atoms with Crippen LogP contribution in [-0.4, -0.2) is 53.0 Å². The van der Waals surface area contributed by atoms with E-state index < -0.39 is 48.7 Å². The Labute approximate surface area is 220 Å². The number of hydrogen-bond donors (Lipinski definition) is 1. The number of aliphatic carboxylic acids is 1. The van der Waals surface area contributed by atoms with Gasteiger partial charge >= 0.3 is 17.9 Å². The standard InChI is InChI=1S/C29H30O7S/c1-20(19-37-15-14-21-8-3-2-4-9-21)29(34)36-26(17-27(31)32)25(30)18-35-28(33)16-23-12-7-11-22-10-5-6-13-24(22)23/h2-13,20,26H,14-19H2,1H3,(H,31,32). The van der Waals surface area contributed by atoms with Crippen molar-refractivity contribution in [2.45, 2.75) is 32.3 Å². The Bertz CT molecular complexity index is 1220. The first kappa shape index (κ1) is 27.9. The average molecular weight is 523 g/mol. The van der Waals surface area contributed by atoms with Gasteiger partial charge in [-0.1, -0.05) is 79.7 Å². The lowest BCUT2D eigenvalue weighted by Crippen LogP contribution is -2.35. The van der Waals surface area contributed by atoms with Crippen molar-refractivity contribution in [1.82, 2.24) is 0 Å². The van der Waals surface area contributed by atoms with Gasteiger partial charge in [-0.3, -0.25) is 19.2 Å². The van der Waals surface area contributed by atoms with E-state index >= 15 is 0 Å². The van der Waals surface area contributed by atoms with Crippen LogP contribution in [0.15, 0.2) is 72.8 Å². The van der Waals surface area contributed by atoms with Crippen molar-refractivity contribution in [2.75, 3.05) is 18.1 Å². The number of Topliss-reactive ketones (excluding diaryl/α,β-unsaturated/α-hetero) is 1. The lowest BCUT2D eigenvalue weighted by molar-refractivity contribution is -0.163. The molecule has 0 amide bonds. The zero-order valence-electron chi connectivity index (χ0n) is 20.6. The topological polar surface area (TPSA) is 107 Å². The molecule has 0 aliphatic rings. The summed E-state index contributed by atoms with van der Waals surface area (Å²) in [5, 5.41) is 11.1. The van der Waals surface area contributed by atoms with Gasteiger partial charge in [0.2, 0.25) is 5.78 Å². The number of rotatable bonds is 14. The van der Waals surface area contributed by atoms with Crippen LogP contribution in [0.4, 0.5) is 0 Å². The van der Waals surface area contributed by atoms with Crippen molar-refractivity contribution in [2.24, 2.45) is 5.92 Å². The van der Waals surface area contributed by atoms with Crippen LogP contribution in [0.1, 0.15) is 24.5 Å². The maximum atomic E-state index is 12.6. The fourth-order valence-corrected chi connectivity index (χ4v) is 4.73. The monoisotopic (exact) mass is 522 g/mol. The lowest BCUT2D eigenvalue weighted by Gasteiger charge is -2.18. The molecule has 0 heterocycles. The Morgan fingerprint density at radius 3 is 2.38 bits per heavy atom. The van der Waals surface area contributed by atoms with E-state index in [1.54, 1.807) is 24.8 Å². The van der Waals surface area contributed by atoms with Crippen molar-refractivity contribution in [1.29, 1.82) is 0 Å². The second kappa shape index (κ2) is 14.2. The summed E-state index contributed by atoms with van der Waals surface area (Å²) >= 11 is 1.58. The van der Waals surface area contributed by atoms with Gasteiger partial charge in [0.05, 0.1) is 18.8 Å². The first-order valence-electron chi connectivity index (χ1n) is 12.0. The minimum absolute atomic E-state index is 0.0464. The number of benzene rings is 3. The van der Waals surface area contributed by atoms with E-state index in [2.05, 4.69) is 0 Å². The summed E-state index contributed by atoms with van der Waals surface area (Å²) in [6.07, 6.45) is -1.40. The number of esters is 2. The zero-order valence-corrected chi connectivity index (χ0v) is 21.4. The summed E-state index contributed by atoms with van der Waals surface area (Å²) in [5.74, 6) is -2.60. The summed E-state index contributed by atoms with van der Waals surface area (Å²) in [4.78, 5) is 48.8.